The van der Waals surface area contributed by atoms with E-state index in [1.54, 1.807) is 0 Å². The Bertz CT molecular complexity index is 326. The van der Waals surface area contributed by atoms with E-state index in [1.807, 2.05) is 11.3 Å². The number of hydrogen-bond acceptors (Lipinski definition) is 3. The molecule has 0 spiro atoms. The summed E-state index contributed by atoms with van der Waals surface area (Å²) in [6, 6.07) is 0. The van der Waals surface area contributed by atoms with Gasteiger partial charge in [-0.05, 0) is 33.0 Å². The number of hydrogen-bond donors (Lipinski definition) is 0. The lowest BCUT2D eigenvalue weighted by atomic mass is 10.1. The number of thiazole rings is 1. The van der Waals surface area contributed by atoms with E-state index >= 15 is 0 Å². The van der Waals surface area contributed by atoms with Gasteiger partial charge in [-0.2, -0.15) is 0 Å². The summed E-state index contributed by atoms with van der Waals surface area (Å²) in [6.45, 7) is 0.964. The molecule has 70 valence electrons. The van der Waals surface area contributed by atoms with Gasteiger partial charge < -0.3 is 4.90 Å². The third-order valence-electron chi connectivity index (χ3n) is 2.04. The molecule has 0 atom stereocenters. The molecule has 13 heavy (non-hydrogen) atoms. The first-order chi connectivity index (χ1) is 6.25. The fourth-order valence-electron chi connectivity index (χ4n) is 1.47. The quantitative estimate of drug-likeness (QED) is 0.717. The fourth-order valence-corrected chi connectivity index (χ4v) is 2.66. The minimum absolute atomic E-state index is 0.964. The number of aryl methyl sites for hydroxylation is 1. The second kappa shape index (κ2) is 3.60. The summed E-state index contributed by atoms with van der Waals surface area (Å²) in [5, 5.41) is 1.24. The van der Waals surface area contributed by atoms with Gasteiger partial charge in [-0.1, -0.05) is 6.08 Å². The largest absolute Gasteiger partial charge is 0.303 e. The predicted molar refractivity (Wildman–Crippen MR) is 56.9 cm³/mol. The molecule has 2 rings (SSSR count). The van der Waals surface area contributed by atoms with Gasteiger partial charge in [-0.15, -0.1) is 11.3 Å². The summed E-state index contributed by atoms with van der Waals surface area (Å²) in [5.41, 5.74) is 1.20. The Morgan fingerprint density at radius 2 is 2.38 bits per heavy atom. The summed E-state index contributed by atoms with van der Waals surface area (Å²) in [5.74, 6) is 0. The first-order valence-corrected chi connectivity index (χ1v) is 5.37. The van der Waals surface area contributed by atoms with Crippen molar-refractivity contribution in [3.63, 3.8) is 0 Å². The Hall–Kier alpha value is -0.670. The molecule has 1 aliphatic carbocycles. The van der Waals surface area contributed by atoms with E-state index in [0.717, 1.165) is 6.54 Å². The number of nitrogens with zero attached hydrogens (tertiary/aromatic N) is 2. The topological polar surface area (TPSA) is 16.1 Å². The Kier molecular flexibility index (Phi) is 2.47. The van der Waals surface area contributed by atoms with Crippen LogP contribution in [0.3, 0.4) is 0 Å². The van der Waals surface area contributed by atoms with Gasteiger partial charge in [-0.25, -0.2) is 4.98 Å². The van der Waals surface area contributed by atoms with E-state index in [4.69, 9.17) is 0 Å². The SMILES string of the molecule is CN(C)Cc1nc2c(s1)CCC=C2. The van der Waals surface area contributed by atoms with Gasteiger partial charge >= 0.3 is 0 Å². The zero-order valence-corrected chi connectivity index (χ0v) is 8.90. The Labute approximate surface area is 82.9 Å². The standard InChI is InChI=1S/C10H14N2S/c1-12(2)7-10-11-8-5-3-4-6-9(8)13-10/h3,5H,4,6-7H2,1-2H3. The van der Waals surface area contributed by atoms with Crippen molar-refractivity contribution in [2.45, 2.75) is 19.4 Å². The van der Waals surface area contributed by atoms with Crippen molar-refractivity contribution in [2.75, 3.05) is 14.1 Å². The maximum atomic E-state index is 4.58. The van der Waals surface area contributed by atoms with Crippen molar-refractivity contribution in [1.82, 2.24) is 9.88 Å². The maximum absolute atomic E-state index is 4.58. The van der Waals surface area contributed by atoms with Gasteiger partial charge in [-0.3, -0.25) is 0 Å². The molecule has 1 aliphatic rings. The molecule has 0 saturated carbocycles. The molecule has 1 aromatic rings. The molecule has 1 aromatic heterocycles. The lowest BCUT2D eigenvalue weighted by Crippen LogP contribution is -2.10. The average molecular weight is 194 g/mol. The van der Waals surface area contributed by atoms with E-state index in [0.29, 0.717) is 0 Å². The van der Waals surface area contributed by atoms with Crippen LogP contribution in [0.15, 0.2) is 6.08 Å². The molecular formula is C10H14N2S. The predicted octanol–water partition coefficient (Wildman–Crippen LogP) is 2.16. The van der Waals surface area contributed by atoms with Gasteiger partial charge in [0.05, 0.1) is 5.69 Å². The van der Waals surface area contributed by atoms with Gasteiger partial charge in [0.1, 0.15) is 5.01 Å². The normalized spacial score (nSPS) is 15.0. The summed E-state index contributed by atoms with van der Waals surface area (Å²) in [4.78, 5) is 8.20. The highest BCUT2D eigenvalue weighted by atomic mass is 32.1. The molecule has 0 amide bonds. The van der Waals surface area contributed by atoms with Crippen molar-refractivity contribution < 1.29 is 0 Å². The van der Waals surface area contributed by atoms with Crippen molar-refractivity contribution in [3.8, 4) is 0 Å². The number of aromatic nitrogens is 1. The molecular weight excluding hydrogens is 180 g/mol. The maximum Gasteiger partial charge on any atom is 0.108 e. The second-order valence-electron chi connectivity index (χ2n) is 3.59. The lowest BCUT2D eigenvalue weighted by molar-refractivity contribution is 0.401. The van der Waals surface area contributed by atoms with Crippen LogP contribution in [0.4, 0.5) is 0 Å². The monoisotopic (exact) mass is 194 g/mol. The minimum atomic E-state index is 0.964. The smallest absolute Gasteiger partial charge is 0.108 e. The number of allylic oxidation sites excluding steroid dienone is 1. The molecule has 0 fully saturated rings. The molecule has 3 heteroatoms. The van der Waals surface area contributed by atoms with Crippen LogP contribution < -0.4 is 0 Å². The summed E-state index contributed by atoms with van der Waals surface area (Å²) >= 11 is 1.86. The third-order valence-corrected chi connectivity index (χ3v) is 3.15. The molecule has 0 saturated heterocycles. The Morgan fingerprint density at radius 3 is 3.08 bits per heavy atom. The highest BCUT2D eigenvalue weighted by Gasteiger charge is 2.11. The minimum Gasteiger partial charge on any atom is -0.303 e. The van der Waals surface area contributed by atoms with Gasteiger partial charge in [0.25, 0.3) is 0 Å². The molecule has 0 bridgehead atoms. The van der Waals surface area contributed by atoms with Crippen molar-refractivity contribution in [1.29, 1.82) is 0 Å². The van der Waals surface area contributed by atoms with E-state index in [9.17, 15) is 0 Å². The van der Waals surface area contributed by atoms with Crippen LogP contribution in [0.5, 0.6) is 0 Å². The highest BCUT2D eigenvalue weighted by molar-refractivity contribution is 7.11. The molecule has 0 N–H and O–H groups in total. The number of rotatable bonds is 2. The molecule has 1 heterocycles. The van der Waals surface area contributed by atoms with E-state index < -0.39 is 0 Å². The average Bonchev–Trinajstić information content (AvgIpc) is 2.44. The number of fused-ring (bicyclic) bond motifs is 1. The van der Waals surface area contributed by atoms with Crippen LogP contribution in [-0.2, 0) is 13.0 Å². The van der Waals surface area contributed by atoms with Crippen molar-refractivity contribution in [3.05, 3.63) is 21.7 Å². The highest BCUT2D eigenvalue weighted by Crippen LogP contribution is 2.25. The second-order valence-corrected chi connectivity index (χ2v) is 4.76. The Balaban J connectivity index is 2.21. The van der Waals surface area contributed by atoms with Crippen LogP contribution >= 0.6 is 11.3 Å². The third kappa shape index (κ3) is 1.98. The summed E-state index contributed by atoms with van der Waals surface area (Å²) in [7, 11) is 4.16. The fraction of sp³-hybridized carbons (Fsp3) is 0.500. The Morgan fingerprint density at radius 1 is 1.54 bits per heavy atom. The van der Waals surface area contributed by atoms with Crippen LogP contribution in [0.1, 0.15) is 22.0 Å². The van der Waals surface area contributed by atoms with Gasteiger partial charge in [0, 0.05) is 11.4 Å². The van der Waals surface area contributed by atoms with E-state index in [1.165, 1.54) is 28.4 Å². The summed E-state index contributed by atoms with van der Waals surface area (Å²) < 4.78 is 0. The first-order valence-electron chi connectivity index (χ1n) is 4.55. The van der Waals surface area contributed by atoms with Crippen molar-refractivity contribution in [2.24, 2.45) is 0 Å². The van der Waals surface area contributed by atoms with Gasteiger partial charge in [0.15, 0.2) is 0 Å². The van der Waals surface area contributed by atoms with Crippen molar-refractivity contribution >= 4 is 17.4 Å². The molecule has 0 unspecified atom stereocenters. The van der Waals surface area contributed by atoms with Gasteiger partial charge in [0.2, 0.25) is 0 Å². The van der Waals surface area contributed by atoms with Crippen LogP contribution in [0, 0.1) is 0 Å². The van der Waals surface area contributed by atoms with Crippen LogP contribution in [0.25, 0.3) is 6.08 Å². The van der Waals surface area contributed by atoms with E-state index in [2.05, 4.69) is 36.1 Å². The molecule has 0 radical (unpaired) electrons. The molecule has 0 aromatic carbocycles. The zero-order valence-electron chi connectivity index (χ0n) is 8.08. The van der Waals surface area contributed by atoms with E-state index in [-0.39, 0.29) is 0 Å². The molecule has 2 nitrogen and oxygen atoms in total. The molecule has 0 aliphatic heterocycles. The first kappa shape index (κ1) is 8.91. The zero-order chi connectivity index (χ0) is 9.26. The lowest BCUT2D eigenvalue weighted by Gasteiger charge is -2.04. The summed E-state index contributed by atoms with van der Waals surface area (Å²) in [6.07, 6.45) is 6.71. The van der Waals surface area contributed by atoms with Crippen LogP contribution in [0.2, 0.25) is 0 Å². The van der Waals surface area contributed by atoms with Crippen LogP contribution in [-0.4, -0.2) is 24.0 Å².